The summed E-state index contributed by atoms with van der Waals surface area (Å²) < 4.78 is 16.8. The molecule has 0 aromatic heterocycles. The number of rotatable bonds is 55. The number of carbonyl (C=O) groups is 3. The zero-order valence-corrected chi connectivity index (χ0v) is 50.6. The Morgan fingerprint density at radius 1 is 0.266 bits per heavy atom. The second kappa shape index (κ2) is 65.3. The smallest absolute Gasteiger partial charge is 0.306 e. The first-order valence-corrected chi connectivity index (χ1v) is 31.6. The monoisotopic (exact) mass is 1090 g/mol. The van der Waals surface area contributed by atoms with Gasteiger partial charge in [0.1, 0.15) is 13.2 Å². The van der Waals surface area contributed by atoms with Gasteiger partial charge < -0.3 is 14.2 Å². The van der Waals surface area contributed by atoms with E-state index in [2.05, 4.69) is 191 Å². The van der Waals surface area contributed by atoms with Gasteiger partial charge in [-0.05, 0) is 148 Å². The molecule has 0 heterocycles. The van der Waals surface area contributed by atoms with E-state index in [1.165, 1.54) is 51.4 Å². The van der Waals surface area contributed by atoms with Crippen LogP contribution in [0, 0.1) is 0 Å². The van der Waals surface area contributed by atoms with Gasteiger partial charge in [-0.25, -0.2) is 0 Å². The number of hydrogen-bond acceptors (Lipinski definition) is 6. The van der Waals surface area contributed by atoms with Gasteiger partial charge in [-0.2, -0.15) is 0 Å². The quantitative estimate of drug-likeness (QED) is 0.0261. The van der Waals surface area contributed by atoms with Crippen molar-refractivity contribution in [2.75, 3.05) is 13.2 Å². The summed E-state index contributed by atoms with van der Waals surface area (Å²) in [5.41, 5.74) is 0. The largest absolute Gasteiger partial charge is 0.462 e. The number of esters is 3. The van der Waals surface area contributed by atoms with Gasteiger partial charge in [0, 0.05) is 19.3 Å². The van der Waals surface area contributed by atoms with E-state index in [9.17, 15) is 14.4 Å². The van der Waals surface area contributed by atoms with E-state index in [4.69, 9.17) is 14.2 Å². The zero-order valence-electron chi connectivity index (χ0n) is 50.6. The van der Waals surface area contributed by atoms with Gasteiger partial charge in [0.2, 0.25) is 0 Å². The average Bonchev–Trinajstić information content (AvgIpc) is 3.45. The molecule has 0 aliphatic heterocycles. The molecule has 0 aromatic carbocycles. The van der Waals surface area contributed by atoms with Crippen LogP contribution in [0.1, 0.15) is 252 Å². The molecule has 0 aromatic rings. The second-order valence-corrected chi connectivity index (χ2v) is 20.2. The Hall–Kier alpha value is -5.23. The van der Waals surface area contributed by atoms with Crippen molar-refractivity contribution in [1.82, 2.24) is 0 Å². The summed E-state index contributed by atoms with van der Waals surface area (Å²) in [5, 5.41) is 0. The third-order valence-corrected chi connectivity index (χ3v) is 12.7. The SMILES string of the molecule is CC/C=C\C/C=C\C/C=C\C/C=C\C/C=C\C/C=C\C/C=C\C/C=C\C/C=C\CCCC(=O)OCC(COC(=O)CCCCCCC/C=C\CCCCCC)OC(=O)CCCCCCCC/C=C\C/C=C\C/C=C\C/C=C\CC. The maximum Gasteiger partial charge on any atom is 0.306 e. The summed E-state index contributed by atoms with van der Waals surface area (Å²) >= 11 is 0. The van der Waals surface area contributed by atoms with Crippen LogP contribution in [0.2, 0.25) is 0 Å². The summed E-state index contributed by atoms with van der Waals surface area (Å²) in [6.07, 6.45) is 96.4. The predicted octanol–water partition coefficient (Wildman–Crippen LogP) is 21.9. The Labute approximate surface area is 485 Å². The number of ether oxygens (including phenoxy) is 3. The first kappa shape index (κ1) is 73.8. The number of allylic oxidation sites excluding steroid dienone is 28. The minimum absolute atomic E-state index is 0.114. The maximum atomic E-state index is 12.9. The van der Waals surface area contributed by atoms with Crippen LogP contribution in [0.15, 0.2) is 170 Å². The summed E-state index contributed by atoms with van der Waals surface area (Å²) in [5.74, 6) is -1.00. The fourth-order valence-electron chi connectivity index (χ4n) is 8.02. The first-order chi connectivity index (χ1) is 39.0. The lowest BCUT2D eigenvalue weighted by atomic mass is 10.1. The number of unbranched alkanes of at least 4 members (excludes halogenated alkanes) is 16. The minimum Gasteiger partial charge on any atom is -0.462 e. The van der Waals surface area contributed by atoms with E-state index >= 15 is 0 Å². The van der Waals surface area contributed by atoms with Crippen molar-refractivity contribution in [3.8, 4) is 0 Å². The first-order valence-electron chi connectivity index (χ1n) is 31.6. The summed E-state index contributed by atoms with van der Waals surface area (Å²) in [6.45, 7) is 6.32. The van der Waals surface area contributed by atoms with Crippen molar-refractivity contribution in [1.29, 1.82) is 0 Å². The zero-order chi connectivity index (χ0) is 57.1. The van der Waals surface area contributed by atoms with Crippen molar-refractivity contribution in [2.45, 2.75) is 258 Å². The molecule has 79 heavy (non-hydrogen) atoms. The molecule has 0 aliphatic carbocycles. The molecule has 0 rings (SSSR count). The van der Waals surface area contributed by atoms with Crippen molar-refractivity contribution < 1.29 is 28.6 Å². The van der Waals surface area contributed by atoms with Gasteiger partial charge in [-0.3, -0.25) is 14.4 Å². The van der Waals surface area contributed by atoms with E-state index in [0.717, 1.165) is 154 Å². The Morgan fingerprint density at radius 3 is 0.835 bits per heavy atom. The summed E-state index contributed by atoms with van der Waals surface area (Å²) in [4.78, 5) is 38.3. The van der Waals surface area contributed by atoms with Gasteiger partial charge in [0.25, 0.3) is 0 Å². The van der Waals surface area contributed by atoms with Gasteiger partial charge in [-0.15, -0.1) is 0 Å². The third kappa shape index (κ3) is 63.5. The molecule has 442 valence electrons. The standard InChI is InChI=1S/C73H114O6/c1-4-7-10-13-16-19-22-25-27-29-31-32-33-34-35-36-37-38-39-40-42-43-45-48-51-54-57-60-63-66-72(75)78-69-70(68-77-71(74)65-62-59-56-53-50-47-24-21-18-15-12-9-6-3)79-73(76)67-64-61-58-55-52-49-46-44-41-30-28-26-23-20-17-14-11-8-5-2/h7-8,10-11,16-17,19-21,24-28,31-32,34-35,37-38,40-42,44-45,48,54,57,70H,4-6,9,12-15,18,22-23,29-30,33,36,39,43,46-47,49-53,55-56,58-69H2,1-3H3/b10-7-,11-8-,19-16-,20-17-,24-21-,27-25-,28-26-,32-31-,35-34-,38-37-,42-40-,44-41-,48-45-,57-54-. The van der Waals surface area contributed by atoms with Crippen LogP contribution in [-0.2, 0) is 28.6 Å². The van der Waals surface area contributed by atoms with Crippen LogP contribution in [0.3, 0.4) is 0 Å². The normalized spacial score (nSPS) is 13.3. The van der Waals surface area contributed by atoms with Crippen LogP contribution in [-0.4, -0.2) is 37.2 Å². The Kier molecular flexibility index (Phi) is 61.0. The molecule has 0 N–H and O–H groups in total. The van der Waals surface area contributed by atoms with Gasteiger partial charge in [0.15, 0.2) is 6.10 Å². The highest BCUT2D eigenvalue weighted by atomic mass is 16.6. The molecule has 1 unspecified atom stereocenters. The Bertz CT molecular complexity index is 1820. The van der Waals surface area contributed by atoms with E-state index in [-0.39, 0.29) is 37.5 Å². The lowest BCUT2D eigenvalue weighted by Gasteiger charge is -2.18. The van der Waals surface area contributed by atoms with Crippen molar-refractivity contribution in [2.24, 2.45) is 0 Å². The van der Waals surface area contributed by atoms with Crippen LogP contribution in [0.5, 0.6) is 0 Å². The van der Waals surface area contributed by atoms with Gasteiger partial charge in [-0.1, -0.05) is 255 Å². The van der Waals surface area contributed by atoms with Crippen molar-refractivity contribution in [3.05, 3.63) is 170 Å². The van der Waals surface area contributed by atoms with Crippen molar-refractivity contribution in [3.63, 3.8) is 0 Å². The molecular weight excluding hydrogens is 973 g/mol. The average molecular weight is 1090 g/mol. The third-order valence-electron chi connectivity index (χ3n) is 12.7. The van der Waals surface area contributed by atoms with Crippen LogP contribution in [0.4, 0.5) is 0 Å². The molecule has 6 nitrogen and oxygen atoms in total. The molecule has 0 aliphatic rings. The van der Waals surface area contributed by atoms with E-state index in [0.29, 0.717) is 19.3 Å². The second-order valence-electron chi connectivity index (χ2n) is 20.2. The van der Waals surface area contributed by atoms with E-state index in [1.54, 1.807) is 0 Å². The lowest BCUT2D eigenvalue weighted by Crippen LogP contribution is -2.30. The van der Waals surface area contributed by atoms with Crippen molar-refractivity contribution >= 4 is 17.9 Å². The maximum absolute atomic E-state index is 12.9. The Morgan fingerprint density at radius 2 is 0.506 bits per heavy atom. The predicted molar refractivity (Wildman–Crippen MR) is 343 cm³/mol. The summed E-state index contributed by atoms with van der Waals surface area (Å²) in [7, 11) is 0. The molecule has 1 atom stereocenters. The molecule has 0 radical (unpaired) electrons. The fourth-order valence-corrected chi connectivity index (χ4v) is 8.02. The van der Waals surface area contributed by atoms with Crippen LogP contribution < -0.4 is 0 Å². The minimum atomic E-state index is -0.823. The van der Waals surface area contributed by atoms with Gasteiger partial charge >= 0.3 is 17.9 Å². The van der Waals surface area contributed by atoms with E-state index < -0.39 is 6.10 Å². The number of carbonyl (C=O) groups excluding carboxylic acids is 3. The molecular formula is C73H114O6. The fraction of sp³-hybridized carbons (Fsp3) is 0.575. The van der Waals surface area contributed by atoms with Crippen LogP contribution in [0.25, 0.3) is 0 Å². The Balaban J connectivity index is 4.49. The molecule has 0 fully saturated rings. The van der Waals surface area contributed by atoms with Gasteiger partial charge in [0.05, 0.1) is 0 Å². The molecule has 0 spiro atoms. The number of hydrogen-bond donors (Lipinski definition) is 0. The highest BCUT2D eigenvalue weighted by Gasteiger charge is 2.19. The molecule has 6 heteroatoms. The van der Waals surface area contributed by atoms with E-state index in [1.807, 2.05) is 0 Å². The van der Waals surface area contributed by atoms with Crippen LogP contribution >= 0.6 is 0 Å². The lowest BCUT2D eigenvalue weighted by molar-refractivity contribution is -0.167. The highest BCUT2D eigenvalue weighted by Crippen LogP contribution is 2.13. The molecule has 0 amide bonds. The summed E-state index contributed by atoms with van der Waals surface area (Å²) in [6, 6.07) is 0. The molecule has 0 bridgehead atoms. The highest BCUT2D eigenvalue weighted by molar-refractivity contribution is 5.71. The molecule has 0 saturated heterocycles. The topological polar surface area (TPSA) is 78.9 Å². The molecule has 0 saturated carbocycles.